The largest absolute Gasteiger partial charge is 0.352 e. The monoisotopic (exact) mass is 396 g/mol. The number of amides is 1. The number of carbonyl (C=O) groups is 1. The molecular formula is C17H21ClN4O3S. The van der Waals surface area contributed by atoms with Gasteiger partial charge in [0.2, 0.25) is 10.0 Å². The number of hydrogen-bond acceptors (Lipinski definition) is 4. The third-order valence-electron chi connectivity index (χ3n) is 4.53. The number of nitrogens with zero attached hydrogens (tertiary/aromatic N) is 3. The van der Waals surface area contributed by atoms with E-state index in [0.717, 1.165) is 18.5 Å². The second-order valence-electron chi connectivity index (χ2n) is 6.47. The summed E-state index contributed by atoms with van der Waals surface area (Å²) in [5.74, 6) is 0.0963. The second-order valence-corrected chi connectivity index (χ2v) is 8.88. The number of nitrogens with one attached hydrogen (secondary N) is 1. The number of carbonyl (C=O) groups excluding carboxylic acids is 1. The molecule has 1 saturated heterocycles. The minimum absolute atomic E-state index is 0.184. The van der Waals surface area contributed by atoms with Gasteiger partial charge in [0.05, 0.1) is 23.7 Å². The first-order chi connectivity index (χ1) is 12.3. The van der Waals surface area contributed by atoms with Crippen LogP contribution in [0, 0.1) is 5.92 Å². The Bertz CT molecular complexity index is 872. The molecule has 140 valence electrons. The molecule has 0 saturated carbocycles. The first-order valence-electron chi connectivity index (χ1n) is 8.37. The smallest absolute Gasteiger partial charge is 0.254 e. The Hall–Kier alpha value is -1.90. The lowest BCUT2D eigenvalue weighted by Gasteiger charge is -2.30. The first kappa shape index (κ1) is 18.9. The van der Waals surface area contributed by atoms with Crippen LogP contribution in [0.3, 0.4) is 0 Å². The van der Waals surface area contributed by atoms with E-state index in [1.807, 2.05) is 12.1 Å². The van der Waals surface area contributed by atoms with Crippen LogP contribution in [0.2, 0.25) is 5.02 Å². The number of rotatable bonds is 5. The highest BCUT2D eigenvalue weighted by atomic mass is 35.5. The molecule has 1 aromatic heterocycles. The first-order valence-corrected chi connectivity index (χ1v) is 10.6. The minimum atomic E-state index is -3.12. The van der Waals surface area contributed by atoms with E-state index in [0.29, 0.717) is 30.2 Å². The van der Waals surface area contributed by atoms with Crippen molar-refractivity contribution < 1.29 is 13.2 Å². The van der Waals surface area contributed by atoms with Crippen molar-refractivity contribution in [2.24, 2.45) is 5.92 Å². The van der Waals surface area contributed by atoms with Crippen molar-refractivity contribution in [2.75, 3.05) is 25.9 Å². The van der Waals surface area contributed by atoms with Crippen LogP contribution in [0.25, 0.3) is 5.69 Å². The SMILES string of the molecule is CS(=O)(=O)N1CCC(CNC(=O)c2cnn(-c3ccc(Cl)cc3)c2)CC1. The lowest BCUT2D eigenvalue weighted by atomic mass is 9.98. The summed E-state index contributed by atoms with van der Waals surface area (Å²) in [7, 11) is -3.12. The molecule has 0 aliphatic carbocycles. The minimum Gasteiger partial charge on any atom is -0.352 e. The zero-order valence-electron chi connectivity index (χ0n) is 14.4. The van der Waals surface area contributed by atoms with E-state index in [1.54, 1.807) is 23.0 Å². The van der Waals surface area contributed by atoms with Crippen molar-refractivity contribution in [3.63, 3.8) is 0 Å². The summed E-state index contributed by atoms with van der Waals surface area (Å²) >= 11 is 5.87. The van der Waals surface area contributed by atoms with Crippen LogP contribution in [0.4, 0.5) is 0 Å². The summed E-state index contributed by atoms with van der Waals surface area (Å²) in [6.07, 6.45) is 5.92. The van der Waals surface area contributed by atoms with E-state index in [-0.39, 0.29) is 11.8 Å². The van der Waals surface area contributed by atoms with Gasteiger partial charge in [-0.3, -0.25) is 4.79 Å². The zero-order chi connectivity index (χ0) is 18.7. The molecule has 0 radical (unpaired) electrons. The van der Waals surface area contributed by atoms with Gasteiger partial charge in [-0.15, -0.1) is 0 Å². The lowest BCUT2D eigenvalue weighted by Crippen LogP contribution is -2.41. The van der Waals surface area contributed by atoms with Gasteiger partial charge in [0.25, 0.3) is 5.91 Å². The Labute approximate surface area is 158 Å². The molecule has 0 unspecified atom stereocenters. The molecule has 1 fully saturated rings. The van der Waals surface area contributed by atoms with E-state index in [2.05, 4.69) is 10.4 Å². The fraction of sp³-hybridized carbons (Fsp3) is 0.412. The van der Waals surface area contributed by atoms with Crippen molar-refractivity contribution >= 4 is 27.5 Å². The molecule has 1 aliphatic heterocycles. The van der Waals surface area contributed by atoms with Crippen LogP contribution in [0.5, 0.6) is 0 Å². The van der Waals surface area contributed by atoms with Crippen molar-refractivity contribution in [1.82, 2.24) is 19.4 Å². The summed E-state index contributed by atoms with van der Waals surface area (Å²) in [6.45, 7) is 1.55. The number of piperidine rings is 1. The maximum atomic E-state index is 12.3. The number of hydrogen-bond donors (Lipinski definition) is 1. The fourth-order valence-corrected chi connectivity index (χ4v) is 3.96. The van der Waals surface area contributed by atoms with E-state index in [4.69, 9.17) is 11.6 Å². The number of sulfonamides is 1. The molecule has 1 amide bonds. The molecule has 1 aromatic carbocycles. The molecular weight excluding hydrogens is 376 g/mol. The Morgan fingerprint density at radius 3 is 2.54 bits per heavy atom. The highest BCUT2D eigenvalue weighted by Gasteiger charge is 2.25. The van der Waals surface area contributed by atoms with Crippen LogP contribution in [0.15, 0.2) is 36.7 Å². The Morgan fingerprint density at radius 2 is 1.92 bits per heavy atom. The summed E-state index contributed by atoms with van der Waals surface area (Å²) in [6, 6.07) is 7.18. The van der Waals surface area contributed by atoms with Gasteiger partial charge in [-0.1, -0.05) is 11.6 Å². The molecule has 2 heterocycles. The van der Waals surface area contributed by atoms with Crippen molar-refractivity contribution in [1.29, 1.82) is 0 Å². The van der Waals surface area contributed by atoms with Gasteiger partial charge in [0.15, 0.2) is 0 Å². The third-order valence-corrected chi connectivity index (χ3v) is 6.08. The Balaban J connectivity index is 1.52. The average Bonchev–Trinajstić information content (AvgIpc) is 3.10. The number of benzene rings is 1. The molecule has 0 spiro atoms. The van der Waals surface area contributed by atoms with Gasteiger partial charge in [-0.05, 0) is 43.0 Å². The molecule has 1 aliphatic rings. The van der Waals surface area contributed by atoms with Crippen LogP contribution < -0.4 is 5.32 Å². The number of halogens is 1. The highest BCUT2D eigenvalue weighted by molar-refractivity contribution is 7.88. The summed E-state index contributed by atoms with van der Waals surface area (Å²) in [5, 5.41) is 7.76. The lowest BCUT2D eigenvalue weighted by molar-refractivity contribution is 0.0941. The van der Waals surface area contributed by atoms with E-state index < -0.39 is 10.0 Å². The molecule has 3 rings (SSSR count). The topological polar surface area (TPSA) is 84.3 Å². The maximum absolute atomic E-state index is 12.3. The molecule has 1 N–H and O–H groups in total. The molecule has 26 heavy (non-hydrogen) atoms. The summed E-state index contributed by atoms with van der Waals surface area (Å²) in [5.41, 5.74) is 1.30. The van der Waals surface area contributed by atoms with E-state index >= 15 is 0 Å². The summed E-state index contributed by atoms with van der Waals surface area (Å²) in [4.78, 5) is 12.3. The van der Waals surface area contributed by atoms with Gasteiger partial charge in [-0.25, -0.2) is 17.4 Å². The Morgan fingerprint density at radius 1 is 1.27 bits per heavy atom. The van der Waals surface area contributed by atoms with Crippen molar-refractivity contribution in [2.45, 2.75) is 12.8 Å². The molecule has 0 atom stereocenters. The Kier molecular flexibility index (Phi) is 5.64. The predicted octanol–water partition coefficient (Wildman–Crippen LogP) is 1.93. The molecule has 2 aromatic rings. The average molecular weight is 397 g/mol. The van der Waals surface area contributed by atoms with Crippen LogP contribution >= 0.6 is 11.6 Å². The maximum Gasteiger partial charge on any atom is 0.254 e. The van der Waals surface area contributed by atoms with Gasteiger partial charge >= 0.3 is 0 Å². The summed E-state index contributed by atoms with van der Waals surface area (Å²) < 4.78 is 26.2. The molecule has 7 nitrogen and oxygen atoms in total. The van der Waals surface area contributed by atoms with Crippen molar-refractivity contribution in [3.8, 4) is 5.69 Å². The van der Waals surface area contributed by atoms with Crippen LogP contribution in [-0.4, -0.2) is 54.3 Å². The normalized spacial score (nSPS) is 16.5. The number of aromatic nitrogens is 2. The third kappa shape index (κ3) is 4.63. The van der Waals surface area contributed by atoms with Crippen molar-refractivity contribution in [3.05, 3.63) is 47.2 Å². The van der Waals surface area contributed by atoms with Gasteiger partial charge in [0.1, 0.15) is 0 Å². The molecule has 0 bridgehead atoms. The predicted molar refractivity (Wildman–Crippen MR) is 100 cm³/mol. The van der Waals surface area contributed by atoms with Gasteiger partial charge in [0, 0.05) is 30.9 Å². The van der Waals surface area contributed by atoms with E-state index in [1.165, 1.54) is 16.8 Å². The molecule has 9 heteroatoms. The standard InChI is InChI=1S/C17H21ClN4O3S/c1-26(24,25)21-8-6-13(7-9-21)10-19-17(23)14-11-20-22(12-14)16-4-2-15(18)3-5-16/h2-5,11-13H,6-10H2,1H3,(H,19,23). The second kappa shape index (κ2) is 7.77. The van der Waals surface area contributed by atoms with Gasteiger partial charge < -0.3 is 5.32 Å². The van der Waals surface area contributed by atoms with Crippen LogP contribution in [-0.2, 0) is 10.0 Å². The van der Waals surface area contributed by atoms with E-state index in [9.17, 15) is 13.2 Å². The van der Waals surface area contributed by atoms with Gasteiger partial charge in [-0.2, -0.15) is 5.10 Å². The van der Waals surface area contributed by atoms with Crippen LogP contribution in [0.1, 0.15) is 23.2 Å². The quantitative estimate of drug-likeness (QED) is 0.836. The zero-order valence-corrected chi connectivity index (χ0v) is 16.0. The fourth-order valence-electron chi connectivity index (χ4n) is 2.96. The highest BCUT2D eigenvalue weighted by Crippen LogP contribution is 2.18.